The first-order valence-electron chi connectivity index (χ1n) is 8.71. The lowest BCUT2D eigenvalue weighted by Gasteiger charge is -2.17. The fourth-order valence-electron chi connectivity index (χ4n) is 2.37. The molecule has 8 nitrogen and oxygen atoms in total. The zero-order valence-corrected chi connectivity index (χ0v) is 18.4. The number of halogens is 1. The Morgan fingerprint density at radius 3 is 2.60 bits per heavy atom. The number of primary amides is 1. The molecule has 0 aliphatic heterocycles. The van der Waals surface area contributed by atoms with Crippen LogP contribution in [0.1, 0.15) is 27.1 Å². The summed E-state index contributed by atoms with van der Waals surface area (Å²) in [4.78, 5) is 48.3. The summed E-state index contributed by atoms with van der Waals surface area (Å²) in [6, 6.07) is 6.99. The SMILES string of the molecule is CSCC[C@@H](NC(=O)c1ccccc1Cl)C(=O)OCC(=O)Nc1sccc1C(N)=O. The van der Waals surface area contributed by atoms with E-state index in [1.165, 1.54) is 17.8 Å². The molecule has 0 saturated carbocycles. The molecule has 1 atom stereocenters. The minimum Gasteiger partial charge on any atom is -0.454 e. The molecule has 0 bridgehead atoms. The van der Waals surface area contributed by atoms with Crippen molar-refractivity contribution in [3.05, 3.63) is 51.9 Å². The Kier molecular flexibility index (Phi) is 9.15. The van der Waals surface area contributed by atoms with Crippen LogP contribution in [0.3, 0.4) is 0 Å². The lowest BCUT2D eigenvalue weighted by atomic mass is 10.1. The summed E-state index contributed by atoms with van der Waals surface area (Å²) in [5.74, 6) is -1.98. The zero-order valence-electron chi connectivity index (χ0n) is 16.0. The first-order chi connectivity index (χ1) is 14.3. The van der Waals surface area contributed by atoms with Gasteiger partial charge in [-0.3, -0.25) is 14.4 Å². The molecule has 2 aromatic rings. The van der Waals surface area contributed by atoms with Crippen molar-refractivity contribution >= 4 is 63.4 Å². The van der Waals surface area contributed by atoms with Crippen molar-refractivity contribution in [3.8, 4) is 0 Å². The van der Waals surface area contributed by atoms with E-state index in [0.717, 1.165) is 11.3 Å². The third-order valence-electron chi connectivity index (χ3n) is 3.85. The molecule has 0 saturated heterocycles. The summed E-state index contributed by atoms with van der Waals surface area (Å²) < 4.78 is 5.06. The number of rotatable bonds is 10. The molecular weight excluding hydrogens is 450 g/mol. The highest BCUT2D eigenvalue weighted by Gasteiger charge is 2.24. The van der Waals surface area contributed by atoms with Crippen molar-refractivity contribution in [1.82, 2.24) is 5.32 Å². The van der Waals surface area contributed by atoms with Crippen LogP contribution < -0.4 is 16.4 Å². The summed E-state index contributed by atoms with van der Waals surface area (Å²) in [7, 11) is 0. The summed E-state index contributed by atoms with van der Waals surface area (Å²) in [5, 5.41) is 7.21. The van der Waals surface area contributed by atoms with Crippen molar-refractivity contribution in [3.63, 3.8) is 0 Å². The third kappa shape index (κ3) is 6.75. The Hall–Kier alpha value is -2.56. The first-order valence-corrected chi connectivity index (χ1v) is 11.4. The van der Waals surface area contributed by atoms with E-state index < -0.39 is 36.3 Å². The zero-order chi connectivity index (χ0) is 22.1. The van der Waals surface area contributed by atoms with E-state index in [1.54, 1.807) is 29.6 Å². The van der Waals surface area contributed by atoms with Gasteiger partial charge in [-0.1, -0.05) is 23.7 Å². The summed E-state index contributed by atoms with van der Waals surface area (Å²) in [6.45, 7) is -0.577. The van der Waals surface area contributed by atoms with Crippen molar-refractivity contribution in [2.24, 2.45) is 5.73 Å². The normalized spacial score (nSPS) is 11.4. The molecule has 3 amide bonds. The molecule has 0 aliphatic rings. The van der Waals surface area contributed by atoms with Crippen LogP contribution in [0, 0.1) is 0 Å². The van der Waals surface area contributed by atoms with Crippen LogP contribution in [0.15, 0.2) is 35.7 Å². The van der Waals surface area contributed by atoms with Gasteiger partial charge in [0.1, 0.15) is 11.0 Å². The van der Waals surface area contributed by atoms with Gasteiger partial charge >= 0.3 is 5.97 Å². The number of ether oxygens (including phenoxy) is 1. The van der Waals surface area contributed by atoms with Crippen LogP contribution in [0.5, 0.6) is 0 Å². The van der Waals surface area contributed by atoms with Crippen LogP contribution in [-0.4, -0.2) is 48.3 Å². The van der Waals surface area contributed by atoms with E-state index in [0.29, 0.717) is 12.2 Å². The summed E-state index contributed by atoms with van der Waals surface area (Å²) in [6.07, 6.45) is 2.18. The molecule has 1 aromatic carbocycles. The molecule has 160 valence electrons. The Morgan fingerprint density at radius 1 is 1.20 bits per heavy atom. The molecule has 30 heavy (non-hydrogen) atoms. The van der Waals surface area contributed by atoms with Crippen molar-refractivity contribution in [1.29, 1.82) is 0 Å². The Bertz CT molecular complexity index is 934. The fraction of sp³-hybridized carbons (Fsp3) is 0.263. The number of nitrogens with two attached hydrogens (primary N) is 1. The molecule has 0 unspecified atom stereocenters. The highest BCUT2D eigenvalue weighted by atomic mass is 35.5. The van der Waals surface area contributed by atoms with Crippen molar-refractivity contribution in [2.45, 2.75) is 12.5 Å². The van der Waals surface area contributed by atoms with Crippen LogP contribution >= 0.6 is 34.7 Å². The molecule has 0 fully saturated rings. The van der Waals surface area contributed by atoms with Gasteiger partial charge in [0.2, 0.25) is 0 Å². The molecule has 0 spiro atoms. The van der Waals surface area contributed by atoms with E-state index in [1.807, 2.05) is 6.26 Å². The average molecular weight is 470 g/mol. The Morgan fingerprint density at radius 2 is 1.93 bits per heavy atom. The van der Waals surface area contributed by atoms with E-state index in [9.17, 15) is 19.2 Å². The maximum absolute atomic E-state index is 12.5. The monoisotopic (exact) mass is 469 g/mol. The van der Waals surface area contributed by atoms with Crippen LogP contribution in [0.25, 0.3) is 0 Å². The number of carbonyl (C=O) groups excluding carboxylic acids is 4. The van der Waals surface area contributed by atoms with Crippen molar-refractivity contribution in [2.75, 3.05) is 23.9 Å². The van der Waals surface area contributed by atoms with E-state index in [4.69, 9.17) is 22.1 Å². The molecule has 0 radical (unpaired) electrons. The number of thioether (sulfide) groups is 1. The second kappa shape index (κ2) is 11.6. The van der Waals surface area contributed by atoms with E-state index in [-0.39, 0.29) is 21.2 Å². The van der Waals surface area contributed by atoms with Crippen LogP contribution in [-0.2, 0) is 14.3 Å². The number of benzene rings is 1. The second-order valence-electron chi connectivity index (χ2n) is 5.97. The molecule has 4 N–H and O–H groups in total. The lowest BCUT2D eigenvalue weighted by Crippen LogP contribution is -2.43. The largest absolute Gasteiger partial charge is 0.454 e. The smallest absolute Gasteiger partial charge is 0.329 e. The highest BCUT2D eigenvalue weighted by Crippen LogP contribution is 2.22. The van der Waals surface area contributed by atoms with Gasteiger partial charge in [-0.15, -0.1) is 11.3 Å². The van der Waals surface area contributed by atoms with Gasteiger partial charge in [0.05, 0.1) is 16.1 Å². The number of thiophene rings is 1. The highest BCUT2D eigenvalue weighted by molar-refractivity contribution is 7.98. The quantitative estimate of drug-likeness (QED) is 0.459. The maximum Gasteiger partial charge on any atom is 0.329 e. The number of carbonyl (C=O) groups is 4. The van der Waals surface area contributed by atoms with Gasteiger partial charge in [-0.25, -0.2) is 4.79 Å². The van der Waals surface area contributed by atoms with E-state index >= 15 is 0 Å². The first kappa shape index (κ1) is 23.7. The molecule has 2 rings (SSSR count). The molecule has 0 aliphatic carbocycles. The molecular formula is C19H20ClN3O5S2. The Labute approximate surface area is 186 Å². The minimum absolute atomic E-state index is 0.171. The topological polar surface area (TPSA) is 128 Å². The number of esters is 1. The maximum atomic E-state index is 12.5. The van der Waals surface area contributed by atoms with Gasteiger partial charge in [-0.05, 0) is 42.0 Å². The van der Waals surface area contributed by atoms with Gasteiger partial charge < -0.3 is 21.1 Å². The number of nitrogens with one attached hydrogen (secondary N) is 2. The van der Waals surface area contributed by atoms with Crippen LogP contribution in [0.2, 0.25) is 5.02 Å². The van der Waals surface area contributed by atoms with Crippen LogP contribution in [0.4, 0.5) is 5.00 Å². The predicted molar refractivity (Wildman–Crippen MR) is 118 cm³/mol. The van der Waals surface area contributed by atoms with E-state index in [2.05, 4.69) is 10.6 Å². The minimum atomic E-state index is -0.947. The fourth-order valence-corrected chi connectivity index (χ4v) is 3.87. The third-order valence-corrected chi connectivity index (χ3v) is 5.65. The Balaban J connectivity index is 1.96. The average Bonchev–Trinajstić information content (AvgIpc) is 3.17. The lowest BCUT2D eigenvalue weighted by molar-refractivity contribution is -0.149. The number of hydrogen-bond acceptors (Lipinski definition) is 7. The summed E-state index contributed by atoms with van der Waals surface area (Å²) in [5.41, 5.74) is 5.63. The van der Waals surface area contributed by atoms with Gasteiger partial charge in [-0.2, -0.15) is 11.8 Å². The second-order valence-corrected chi connectivity index (χ2v) is 8.28. The summed E-state index contributed by atoms with van der Waals surface area (Å²) >= 11 is 8.64. The number of anilines is 1. The molecule has 1 aromatic heterocycles. The van der Waals surface area contributed by atoms with Crippen molar-refractivity contribution < 1.29 is 23.9 Å². The standard InChI is InChI=1S/C19H20ClN3O5S2/c1-29-8-7-14(22-17(26)11-4-2-3-5-13(11)20)19(27)28-10-15(24)23-18-12(16(21)25)6-9-30-18/h2-6,9,14H,7-8,10H2,1H3,(H2,21,25)(H,22,26)(H,23,24)/t14-/m1/s1. The van der Waals surface area contributed by atoms with Gasteiger partial charge in [0, 0.05) is 0 Å². The molecule has 1 heterocycles. The number of amides is 3. The predicted octanol–water partition coefficient (Wildman–Crippen LogP) is 2.53. The number of hydrogen-bond donors (Lipinski definition) is 3. The van der Waals surface area contributed by atoms with Gasteiger partial charge in [0.15, 0.2) is 6.61 Å². The molecule has 11 heteroatoms. The van der Waals surface area contributed by atoms with Gasteiger partial charge in [0.25, 0.3) is 17.7 Å².